The monoisotopic (exact) mass is 382 g/mol. The Labute approximate surface area is 125 Å². The summed E-state index contributed by atoms with van der Waals surface area (Å²) in [6.07, 6.45) is -4.79. The largest absolute Gasteiger partial charge is 0.465 e. The van der Waals surface area contributed by atoms with Crippen molar-refractivity contribution in [2.75, 3.05) is 0 Å². The Hall–Kier alpha value is 0.971. The van der Waals surface area contributed by atoms with Crippen LogP contribution in [-0.4, -0.2) is 60.7 Å². The quantitative estimate of drug-likeness (QED) is 0.371. The fourth-order valence-corrected chi connectivity index (χ4v) is 32.1. The second-order valence-corrected chi connectivity index (χ2v) is 24.1. The Morgan fingerprint density at radius 2 is 1.84 bits per heavy atom. The summed E-state index contributed by atoms with van der Waals surface area (Å²) in [5.74, 6) is 0. The Bertz CT molecular complexity index is 245. The molecule has 0 aromatic rings. The molecule has 0 bridgehead atoms. The molecule has 1 atom stereocenters. The van der Waals surface area contributed by atoms with Gasteiger partial charge < -0.3 is 12.3 Å². The Morgan fingerprint density at radius 3 is 2.32 bits per heavy atom. The van der Waals surface area contributed by atoms with E-state index in [9.17, 15) is 13.2 Å². The number of rotatable bonds is 10. The summed E-state index contributed by atoms with van der Waals surface area (Å²) in [6.45, 7) is 8.18. The Morgan fingerprint density at radius 1 is 1.21 bits per heavy atom. The highest BCUT2D eigenvalue weighted by Gasteiger charge is 2.36. The average Bonchev–Trinajstić information content (AvgIpc) is 2.29. The highest BCUT2D eigenvalue weighted by Crippen LogP contribution is 2.26. The predicted octanol–water partition coefficient (Wildman–Crippen LogP) is -0.658. The van der Waals surface area contributed by atoms with E-state index in [-0.39, 0.29) is 6.04 Å². The third kappa shape index (κ3) is 12.4. The molecule has 0 aliphatic carbocycles. The number of halogens is 3. The van der Waals surface area contributed by atoms with Crippen LogP contribution in [0.3, 0.4) is 0 Å². The molecule has 0 amide bonds. The highest BCUT2D eigenvalue weighted by atomic mass is 29.2. The van der Waals surface area contributed by atoms with E-state index in [2.05, 4.69) is 13.1 Å². The molecule has 116 valence electrons. The Balaban J connectivity index is 4.17. The first-order valence-corrected chi connectivity index (χ1v) is 22.0. The van der Waals surface area contributed by atoms with E-state index in [1.165, 1.54) is 0 Å². The van der Waals surface area contributed by atoms with Crippen molar-refractivity contribution in [3.8, 4) is 0 Å². The minimum atomic E-state index is -4.07. The van der Waals surface area contributed by atoms with E-state index in [4.69, 9.17) is 12.3 Å². The van der Waals surface area contributed by atoms with Crippen molar-refractivity contribution in [3.05, 3.63) is 0 Å². The summed E-state index contributed by atoms with van der Waals surface area (Å²) in [5.41, 5.74) is 0. The normalized spacial score (nSPS) is 18.3. The molecule has 0 N–H and O–H groups in total. The molecule has 0 aliphatic heterocycles. The summed E-state index contributed by atoms with van der Waals surface area (Å²) in [5, 5.41) is 0. The van der Waals surface area contributed by atoms with Gasteiger partial charge in [-0.25, -0.2) is 0 Å². The van der Waals surface area contributed by atoms with Crippen LogP contribution in [-0.2, 0) is 12.3 Å². The molecule has 3 nitrogen and oxygen atoms in total. The zero-order valence-corrected chi connectivity index (χ0v) is 20.0. The summed E-state index contributed by atoms with van der Waals surface area (Å²) >= 11 is 0. The van der Waals surface area contributed by atoms with E-state index in [1.54, 1.807) is 0 Å². The van der Waals surface area contributed by atoms with Crippen LogP contribution in [0.4, 0.5) is 13.2 Å². The van der Waals surface area contributed by atoms with Gasteiger partial charge in [0.1, 0.15) is 9.76 Å². The zero-order chi connectivity index (χ0) is 14.9. The standard InChI is InChI=1S/C7H25F3O3Si6/c1-14-11-17-19(4,6-5-7(8,9)10)13-16-15-12-18(2)3/h18H,5-6,14-17H2,1-4H3. The van der Waals surface area contributed by atoms with Gasteiger partial charge in [-0.1, -0.05) is 6.55 Å². The van der Waals surface area contributed by atoms with Gasteiger partial charge in [-0.2, -0.15) is 13.2 Å². The van der Waals surface area contributed by atoms with Crippen LogP contribution in [0.5, 0.6) is 0 Å². The van der Waals surface area contributed by atoms with E-state index in [0.717, 1.165) is 0 Å². The van der Waals surface area contributed by atoms with Crippen molar-refractivity contribution < 1.29 is 25.5 Å². The van der Waals surface area contributed by atoms with Crippen molar-refractivity contribution >= 4 is 54.5 Å². The first-order valence-electron chi connectivity index (χ1n) is 6.58. The van der Waals surface area contributed by atoms with Crippen molar-refractivity contribution in [2.45, 2.75) is 44.8 Å². The fraction of sp³-hybridized carbons (Fsp3) is 1.00. The average molecular weight is 383 g/mol. The third-order valence-electron chi connectivity index (χ3n) is 2.53. The molecule has 0 saturated carbocycles. The summed E-state index contributed by atoms with van der Waals surface area (Å²) in [4.78, 5) is 0. The lowest BCUT2D eigenvalue weighted by Gasteiger charge is -2.28. The number of hydrogen-bond donors (Lipinski definition) is 0. The molecule has 0 fully saturated rings. The van der Waals surface area contributed by atoms with Crippen LogP contribution in [0.25, 0.3) is 0 Å². The third-order valence-corrected chi connectivity index (χ3v) is 25.3. The van der Waals surface area contributed by atoms with Crippen molar-refractivity contribution in [3.63, 3.8) is 0 Å². The van der Waals surface area contributed by atoms with Gasteiger partial charge in [0.25, 0.3) is 0 Å². The Kier molecular flexibility index (Phi) is 10.3. The molecule has 19 heavy (non-hydrogen) atoms. The van der Waals surface area contributed by atoms with Gasteiger partial charge in [-0.3, -0.25) is 0 Å². The summed E-state index contributed by atoms with van der Waals surface area (Å²) < 4.78 is 54.3. The van der Waals surface area contributed by atoms with Crippen LogP contribution in [0.1, 0.15) is 6.42 Å². The van der Waals surface area contributed by atoms with Crippen LogP contribution >= 0.6 is 0 Å². The minimum Gasteiger partial charge on any atom is -0.465 e. The van der Waals surface area contributed by atoms with Crippen molar-refractivity contribution in [1.29, 1.82) is 0 Å². The maximum absolute atomic E-state index is 12.4. The minimum absolute atomic E-state index is 0.178. The molecule has 0 aromatic carbocycles. The molecule has 1 unspecified atom stereocenters. The fourth-order valence-electron chi connectivity index (χ4n) is 1.48. The van der Waals surface area contributed by atoms with Gasteiger partial charge in [-0.15, -0.1) is 0 Å². The molecule has 12 heteroatoms. The van der Waals surface area contributed by atoms with Gasteiger partial charge in [-0.05, 0) is 25.7 Å². The van der Waals surface area contributed by atoms with Gasteiger partial charge in [0.2, 0.25) is 0 Å². The molecular weight excluding hydrogens is 358 g/mol. The summed E-state index contributed by atoms with van der Waals surface area (Å²) in [7, 11) is -5.88. The second-order valence-electron chi connectivity index (χ2n) is 4.97. The zero-order valence-electron chi connectivity index (χ0n) is 12.2. The van der Waals surface area contributed by atoms with E-state index < -0.39 is 67.1 Å². The SMILES string of the molecule is C[SiH2]O[SiH2][Si](C)(CCC(F)(F)F)O[SiH2][SiH2]O[SiH](C)C. The molecule has 0 aliphatic rings. The molecule has 0 saturated heterocycles. The van der Waals surface area contributed by atoms with Crippen LogP contribution in [0.15, 0.2) is 0 Å². The van der Waals surface area contributed by atoms with Crippen LogP contribution in [0, 0.1) is 0 Å². The smallest absolute Gasteiger partial charge is 0.388 e. The van der Waals surface area contributed by atoms with E-state index in [0.29, 0.717) is 0 Å². The topological polar surface area (TPSA) is 27.7 Å². The van der Waals surface area contributed by atoms with Crippen molar-refractivity contribution in [1.82, 2.24) is 0 Å². The maximum atomic E-state index is 12.4. The number of hydrogen-bond acceptors (Lipinski definition) is 3. The first-order chi connectivity index (χ1) is 8.68. The highest BCUT2D eigenvalue weighted by molar-refractivity contribution is 7.22. The molecule has 0 spiro atoms. The van der Waals surface area contributed by atoms with Crippen LogP contribution in [0.2, 0.25) is 32.2 Å². The van der Waals surface area contributed by atoms with Gasteiger partial charge in [0.05, 0.1) is 0 Å². The van der Waals surface area contributed by atoms with Gasteiger partial charge >= 0.3 is 6.18 Å². The summed E-state index contributed by atoms with van der Waals surface area (Å²) in [6, 6.07) is 0.178. The van der Waals surface area contributed by atoms with Crippen molar-refractivity contribution in [2.24, 2.45) is 0 Å². The molecular formula is C7H25F3O3Si6. The number of alkyl halides is 3. The lowest BCUT2D eigenvalue weighted by atomic mass is 10.5. The van der Waals surface area contributed by atoms with Gasteiger partial charge in [0.15, 0.2) is 44.7 Å². The van der Waals surface area contributed by atoms with Crippen LogP contribution < -0.4 is 0 Å². The molecule has 0 rings (SSSR count). The molecule has 0 heterocycles. The lowest BCUT2D eigenvalue weighted by molar-refractivity contribution is -0.131. The van der Waals surface area contributed by atoms with Gasteiger partial charge in [0, 0.05) is 6.42 Å². The second kappa shape index (κ2) is 9.83. The maximum Gasteiger partial charge on any atom is 0.388 e. The molecule has 0 radical (unpaired) electrons. The molecule has 0 aromatic heterocycles. The lowest BCUT2D eigenvalue weighted by Crippen LogP contribution is -2.47. The van der Waals surface area contributed by atoms with E-state index >= 15 is 0 Å². The predicted molar refractivity (Wildman–Crippen MR) is 89.3 cm³/mol. The van der Waals surface area contributed by atoms with E-state index in [1.807, 2.05) is 13.1 Å². The first kappa shape index (κ1) is 20.0.